The summed E-state index contributed by atoms with van der Waals surface area (Å²) in [5.74, 6) is -3.65. The van der Waals surface area contributed by atoms with E-state index in [4.69, 9.17) is 30.0 Å². The van der Waals surface area contributed by atoms with Gasteiger partial charge in [-0.2, -0.15) is 0 Å². The van der Waals surface area contributed by atoms with Gasteiger partial charge in [0.1, 0.15) is 12.7 Å². The number of hydrogen-bond donors (Lipinski definition) is 4. The van der Waals surface area contributed by atoms with Crippen LogP contribution in [-0.4, -0.2) is 58.2 Å². The molecule has 8 nitrogen and oxygen atoms in total. The third-order valence-electron chi connectivity index (χ3n) is 0.750. The highest BCUT2D eigenvalue weighted by Crippen LogP contribution is 1.78. The Balaban J connectivity index is 0. The Bertz CT molecular complexity index is 176. The molecule has 0 rings (SSSR count). The quantitative estimate of drug-likeness (QED) is 0.299. The van der Waals surface area contributed by atoms with Gasteiger partial charge in [-0.15, -0.1) is 0 Å². The summed E-state index contributed by atoms with van der Waals surface area (Å²) in [6.45, 7) is -0.299. The Morgan fingerprint density at radius 1 is 1.29 bits per heavy atom. The number of carbonyl (C=O) groups is 3. The Morgan fingerprint density at radius 2 is 1.71 bits per heavy atom. The minimum Gasteiger partial charge on any atom is -0.473 e. The average Bonchev–Trinajstić information content (AvgIpc) is 2.14. The van der Waals surface area contributed by atoms with Gasteiger partial charge in [0.2, 0.25) is 0 Å². The summed E-state index contributed by atoms with van der Waals surface area (Å²) in [6, 6.07) is 0. The highest BCUT2D eigenvalue weighted by molar-refractivity contribution is 6.27. The van der Waals surface area contributed by atoms with Crippen molar-refractivity contribution in [3.8, 4) is 0 Å². The van der Waals surface area contributed by atoms with Crippen LogP contribution in [0.15, 0.2) is 0 Å². The zero-order chi connectivity index (χ0) is 11.6. The molecule has 0 aliphatic carbocycles. The molecule has 0 heterocycles. The van der Waals surface area contributed by atoms with Crippen molar-refractivity contribution in [2.24, 2.45) is 0 Å². The molecular weight excluding hydrogens is 200 g/mol. The Hall–Kier alpha value is -1.67. The first-order chi connectivity index (χ1) is 6.45. The van der Waals surface area contributed by atoms with Crippen LogP contribution in [0, 0.1) is 0 Å². The molecule has 0 saturated heterocycles. The molecule has 14 heavy (non-hydrogen) atoms. The van der Waals surface area contributed by atoms with E-state index in [0.717, 1.165) is 0 Å². The molecule has 82 valence electrons. The van der Waals surface area contributed by atoms with Crippen molar-refractivity contribution < 1.29 is 39.5 Å². The Kier molecular flexibility index (Phi) is 9.98. The first-order valence-electron chi connectivity index (χ1n) is 3.26. The van der Waals surface area contributed by atoms with Crippen LogP contribution in [-0.2, 0) is 19.1 Å². The number of carboxylic acids is 2. The lowest BCUT2D eigenvalue weighted by molar-refractivity contribution is -0.159. The fourth-order valence-corrected chi connectivity index (χ4v) is 0.203. The minimum atomic E-state index is -1.82. The maximum atomic E-state index is 9.41. The summed E-state index contributed by atoms with van der Waals surface area (Å²) in [5.41, 5.74) is 0. The first-order valence-corrected chi connectivity index (χ1v) is 3.26. The smallest absolute Gasteiger partial charge is 0.414 e. The van der Waals surface area contributed by atoms with Gasteiger partial charge >= 0.3 is 11.9 Å². The second kappa shape index (κ2) is 9.42. The van der Waals surface area contributed by atoms with Crippen molar-refractivity contribution >= 4 is 18.4 Å². The van der Waals surface area contributed by atoms with Crippen LogP contribution >= 0.6 is 0 Å². The van der Waals surface area contributed by atoms with E-state index in [0.29, 0.717) is 0 Å². The predicted molar refractivity (Wildman–Crippen MR) is 40.4 cm³/mol. The zero-order valence-electron chi connectivity index (χ0n) is 6.99. The molecule has 8 heteroatoms. The molecule has 0 aromatic heterocycles. The molecule has 0 bridgehead atoms. The monoisotopic (exact) mass is 210 g/mol. The fourth-order valence-electron chi connectivity index (χ4n) is 0.203. The van der Waals surface area contributed by atoms with Gasteiger partial charge in [0, 0.05) is 0 Å². The van der Waals surface area contributed by atoms with E-state index >= 15 is 0 Å². The van der Waals surface area contributed by atoms with Crippen LogP contribution in [0.25, 0.3) is 0 Å². The summed E-state index contributed by atoms with van der Waals surface area (Å²) in [5, 5.41) is 31.4. The van der Waals surface area contributed by atoms with Gasteiger partial charge in [0.05, 0.1) is 6.61 Å². The Morgan fingerprint density at radius 3 is 1.93 bits per heavy atom. The SMILES string of the molecule is O=C(O)C(=O)O.O=COCC(O)CO. The summed E-state index contributed by atoms with van der Waals surface area (Å²) in [7, 11) is 0. The Labute approximate surface area is 78.3 Å². The number of aliphatic carboxylic acids is 2. The van der Waals surface area contributed by atoms with Crippen LogP contribution in [0.5, 0.6) is 0 Å². The number of aliphatic hydroxyl groups excluding tert-OH is 2. The van der Waals surface area contributed by atoms with Gasteiger partial charge in [0.15, 0.2) is 0 Å². The van der Waals surface area contributed by atoms with E-state index in [1.54, 1.807) is 0 Å². The molecule has 0 aliphatic heterocycles. The average molecular weight is 210 g/mol. The van der Waals surface area contributed by atoms with E-state index in [1.165, 1.54) is 0 Å². The number of aliphatic hydroxyl groups is 2. The fraction of sp³-hybridized carbons (Fsp3) is 0.500. The molecule has 1 unspecified atom stereocenters. The maximum absolute atomic E-state index is 9.41. The number of rotatable bonds is 4. The van der Waals surface area contributed by atoms with Gasteiger partial charge in [0.25, 0.3) is 6.47 Å². The summed E-state index contributed by atoms with van der Waals surface area (Å²) < 4.78 is 4.10. The van der Waals surface area contributed by atoms with Crippen LogP contribution in [0.4, 0.5) is 0 Å². The second-order valence-electron chi connectivity index (χ2n) is 1.88. The van der Waals surface area contributed by atoms with Gasteiger partial charge in [-0.05, 0) is 0 Å². The molecule has 0 amide bonds. The third-order valence-corrected chi connectivity index (χ3v) is 0.750. The van der Waals surface area contributed by atoms with E-state index in [9.17, 15) is 4.79 Å². The van der Waals surface area contributed by atoms with Crippen LogP contribution < -0.4 is 0 Å². The molecule has 0 aromatic carbocycles. The highest BCUT2D eigenvalue weighted by atomic mass is 16.5. The topological polar surface area (TPSA) is 141 Å². The standard InChI is InChI=1S/C4H8O4.C2H2O4/c5-1-4(7)2-8-3-6;3-1(4)2(5)6/h3-5,7H,1-2H2;(H,3,4)(H,5,6). The molecule has 0 radical (unpaired) electrons. The maximum Gasteiger partial charge on any atom is 0.414 e. The largest absolute Gasteiger partial charge is 0.473 e. The normalized spacial score (nSPS) is 10.4. The molecule has 0 saturated carbocycles. The van der Waals surface area contributed by atoms with Crippen LogP contribution in [0.3, 0.4) is 0 Å². The highest BCUT2D eigenvalue weighted by Gasteiger charge is 2.04. The molecule has 0 aromatic rings. The van der Waals surface area contributed by atoms with Crippen molar-refractivity contribution in [3.05, 3.63) is 0 Å². The van der Waals surface area contributed by atoms with Gasteiger partial charge in [-0.1, -0.05) is 0 Å². The van der Waals surface area contributed by atoms with E-state index in [1.807, 2.05) is 0 Å². The lowest BCUT2D eigenvalue weighted by Gasteiger charge is -2.02. The molecule has 1 atom stereocenters. The molecule has 4 N–H and O–H groups in total. The minimum absolute atomic E-state index is 0.139. The summed E-state index contributed by atoms with van der Waals surface area (Å²) >= 11 is 0. The number of carboxylic acid groups (broad SMARTS) is 2. The second-order valence-corrected chi connectivity index (χ2v) is 1.88. The number of carbonyl (C=O) groups excluding carboxylic acids is 1. The van der Waals surface area contributed by atoms with Gasteiger partial charge < -0.3 is 25.2 Å². The summed E-state index contributed by atoms with van der Waals surface area (Å²) in [4.78, 5) is 27.6. The molecule has 0 spiro atoms. The van der Waals surface area contributed by atoms with Crippen LogP contribution in [0.1, 0.15) is 0 Å². The van der Waals surface area contributed by atoms with Crippen LogP contribution in [0.2, 0.25) is 0 Å². The van der Waals surface area contributed by atoms with Crippen molar-refractivity contribution in [2.75, 3.05) is 13.2 Å². The van der Waals surface area contributed by atoms with E-state index in [2.05, 4.69) is 4.74 Å². The zero-order valence-corrected chi connectivity index (χ0v) is 6.99. The lowest BCUT2D eigenvalue weighted by atomic mass is 10.4. The van der Waals surface area contributed by atoms with Crippen molar-refractivity contribution in [2.45, 2.75) is 6.10 Å². The summed E-state index contributed by atoms with van der Waals surface area (Å²) in [6.07, 6.45) is -0.944. The van der Waals surface area contributed by atoms with E-state index in [-0.39, 0.29) is 19.7 Å². The molecular formula is C6H10O8. The predicted octanol–water partition coefficient (Wildman–Crippen LogP) is -2.33. The van der Waals surface area contributed by atoms with Gasteiger partial charge in [-0.3, -0.25) is 4.79 Å². The van der Waals surface area contributed by atoms with Crippen molar-refractivity contribution in [1.29, 1.82) is 0 Å². The van der Waals surface area contributed by atoms with E-state index < -0.39 is 18.0 Å². The third kappa shape index (κ3) is 13.0. The lowest BCUT2D eigenvalue weighted by Crippen LogP contribution is -2.18. The number of ether oxygens (including phenoxy) is 1. The number of hydrogen-bond acceptors (Lipinski definition) is 6. The van der Waals surface area contributed by atoms with Crippen molar-refractivity contribution in [3.63, 3.8) is 0 Å². The van der Waals surface area contributed by atoms with Crippen molar-refractivity contribution in [1.82, 2.24) is 0 Å². The first kappa shape index (κ1) is 14.8. The molecule has 0 aliphatic rings. The molecule has 0 fully saturated rings. The van der Waals surface area contributed by atoms with Gasteiger partial charge in [-0.25, -0.2) is 9.59 Å².